The molecule has 0 saturated heterocycles. The van der Waals surface area contributed by atoms with Crippen LogP contribution in [0, 0.1) is 10.5 Å². The maximum absolute atomic E-state index is 5.80. The molecule has 0 saturated carbocycles. The molecule has 12 heavy (non-hydrogen) atoms. The molecule has 2 aromatic heterocycles. The van der Waals surface area contributed by atoms with Gasteiger partial charge in [-0.3, -0.25) is 0 Å². The number of aromatic nitrogens is 3. The Morgan fingerprint density at radius 1 is 1.58 bits per heavy atom. The van der Waals surface area contributed by atoms with Crippen LogP contribution in [0.3, 0.4) is 0 Å². The summed E-state index contributed by atoms with van der Waals surface area (Å²) < 4.78 is 2.78. The first-order valence-electron chi connectivity index (χ1n) is 3.35. The summed E-state index contributed by atoms with van der Waals surface area (Å²) >= 11 is 7.98. The molecule has 2 rings (SSSR count). The Hall–Kier alpha value is -0.360. The molecule has 0 fully saturated rings. The third kappa shape index (κ3) is 1.19. The summed E-state index contributed by atoms with van der Waals surface area (Å²) in [5.74, 6) is 0. The van der Waals surface area contributed by atoms with Gasteiger partial charge < -0.3 is 0 Å². The Bertz CT molecular complexity index is 437. The highest BCUT2D eigenvalue weighted by molar-refractivity contribution is 14.1. The van der Waals surface area contributed by atoms with Crippen LogP contribution in [0.1, 0.15) is 5.69 Å². The molecule has 62 valence electrons. The van der Waals surface area contributed by atoms with Gasteiger partial charge in [-0.15, -0.1) is 0 Å². The minimum Gasteiger partial charge on any atom is -0.218 e. The quantitative estimate of drug-likeness (QED) is 0.551. The molecular weight excluding hydrogens is 288 g/mol. The van der Waals surface area contributed by atoms with Crippen LogP contribution < -0.4 is 0 Å². The summed E-state index contributed by atoms with van der Waals surface area (Å²) in [4.78, 5) is 4.15. The molecule has 0 spiro atoms. The van der Waals surface area contributed by atoms with E-state index < -0.39 is 0 Å². The van der Waals surface area contributed by atoms with Gasteiger partial charge in [-0.1, -0.05) is 11.6 Å². The molecular formula is C7H5ClIN3. The van der Waals surface area contributed by atoms with E-state index in [1.807, 2.05) is 6.92 Å². The van der Waals surface area contributed by atoms with E-state index in [1.54, 1.807) is 16.8 Å². The molecule has 0 aliphatic rings. The summed E-state index contributed by atoms with van der Waals surface area (Å²) in [6, 6.07) is 1.79. The first kappa shape index (κ1) is 8.25. The van der Waals surface area contributed by atoms with Gasteiger partial charge in [0.25, 0.3) is 0 Å². The van der Waals surface area contributed by atoms with Crippen LogP contribution in [0.25, 0.3) is 5.65 Å². The van der Waals surface area contributed by atoms with Crippen LogP contribution in [0.2, 0.25) is 5.15 Å². The fourth-order valence-corrected chi connectivity index (χ4v) is 1.76. The van der Waals surface area contributed by atoms with Crippen molar-refractivity contribution in [2.45, 2.75) is 6.92 Å². The molecule has 3 nitrogen and oxygen atoms in total. The zero-order valence-electron chi connectivity index (χ0n) is 6.25. The van der Waals surface area contributed by atoms with E-state index in [4.69, 9.17) is 11.6 Å². The van der Waals surface area contributed by atoms with Gasteiger partial charge in [-0.25, -0.2) is 9.50 Å². The molecule has 0 atom stereocenters. The van der Waals surface area contributed by atoms with Crippen LogP contribution in [0.4, 0.5) is 0 Å². The minimum atomic E-state index is 0.512. The molecule has 5 heteroatoms. The summed E-state index contributed by atoms with van der Waals surface area (Å²) in [5, 5.41) is 4.66. The van der Waals surface area contributed by atoms with Gasteiger partial charge in [0, 0.05) is 5.69 Å². The van der Waals surface area contributed by atoms with Gasteiger partial charge in [0.15, 0.2) is 5.65 Å². The van der Waals surface area contributed by atoms with Crippen molar-refractivity contribution in [3.63, 3.8) is 0 Å². The van der Waals surface area contributed by atoms with Crippen molar-refractivity contribution in [3.05, 3.63) is 26.7 Å². The molecule has 0 bridgehead atoms. The van der Waals surface area contributed by atoms with Gasteiger partial charge in [0.1, 0.15) is 5.15 Å². The fourth-order valence-electron chi connectivity index (χ4n) is 1.05. The van der Waals surface area contributed by atoms with Crippen molar-refractivity contribution >= 4 is 39.8 Å². The second-order valence-corrected chi connectivity index (χ2v) is 4.00. The second kappa shape index (κ2) is 2.85. The van der Waals surface area contributed by atoms with Gasteiger partial charge in [-0.2, -0.15) is 5.10 Å². The number of fused-ring (bicyclic) bond motifs is 1. The lowest BCUT2D eigenvalue weighted by atomic mass is 10.4. The maximum Gasteiger partial charge on any atom is 0.170 e. The van der Waals surface area contributed by atoms with E-state index in [1.165, 1.54) is 0 Å². The van der Waals surface area contributed by atoms with Crippen molar-refractivity contribution in [3.8, 4) is 0 Å². The van der Waals surface area contributed by atoms with Crippen LogP contribution in [0.15, 0.2) is 12.3 Å². The SMILES string of the molecule is Cc1cc(Cl)nc2c(I)cnn12. The first-order chi connectivity index (χ1) is 5.68. The van der Waals surface area contributed by atoms with Gasteiger partial charge >= 0.3 is 0 Å². The molecule has 2 heterocycles. The smallest absolute Gasteiger partial charge is 0.170 e. The third-order valence-electron chi connectivity index (χ3n) is 1.58. The first-order valence-corrected chi connectivity index (χ1v) is 4.80. The van der Waals surface area contributed by atoms with Crippen LogP contribution in [-0.4, -0.2) is 14.6 Å². The van der Waals surface area contributed by atoms with E-state index in [-0.39, 0.29) is 0 Å². The van der Waals surface area contributed by atoms with Crippen LogP contribution >= 0.6 is 34.2 Å². The predicted octanol–water partition coefficient (Wildman–Crippen LogP) is 2.30. The third-order valence-corrected chi connectivity index (χ3v) is 2.53. The molecule has 0 N–H and O–H groups in total. The van der Waals surface area contributed by atoms with Crippen molar-refractivity contribution in [1.82, 2.24) is 14.6 Å². The fraction of sp³-hybridized carbons (Fsp3) is 0.143. The Labute approximate surface area is 87.9 Å². The summed E-state index contributed by atoms with van der Waals surface area (Å²) in [6.07, 6.45) is 1.77. The number of hydrogen-bond donors (Lipinski definition) is 0. The molecule has 2 aromatic rings. The monoisotopic (exact) mass is 293 g/mol. The highest BCUT2D eigenvalue weighted by Gasteiger charge is 2.05. The minimum absolute atomic E-state index is 0.512. The molecule has 0 amide bonds. The molecule has 0 aliphatic heterocycles. The highest BCUT2D eigenvalue weighted by atomic mass is 127. The summed E-state index contributed by atoms with van der Waals surface area (Å²) in [6.45, 7) is 1.95. The highest BCUT2D eigenvalue weighted by Crippen LogP contribution is 2.15. The lowest BCUT2D eigenvalue weighted by Crippen LogP contribution is -1.95. The van der Waals surface area contributed by atoms with E-state index in [9.17, 15) is 0 Å². The predicted molar refractivity (Wildman–Crippen MR) is 55.5 cm³/mol. The second-order valence-electron chi connectivity index (χ2n) is 2.45. The largest absolute Gasteiger partial charge is 0.218 e. The van der Waals surface area contributed by atoms with E-state index in [0.29, 0.717) is 5.15 Å². The number of halogens is 2. The van der Waals surface area contributed by atoms with Crippen molar-refractivity contribution in [2.24, 2.45) is 0 Å². The average Bonchev–Trinajstić information content (AvgIpc) is 2.33. The van der Waals surface area contributed by atoms with Crippen molar-refractivity contribution < 1.29 is 0 Å². The normalized spacial score (nSPS) is 10.9. The maximum atomic E-state index is 5.80. The van der Waals surface area contributed by atoms with Crippen molar-refractivity contribution in [1.29, 1.82) is 0 Å². The zero-order chi connectivity index (χ0) is 8.72. The van der Waals surface area contributed by atoms with Gasteiger partial charge in [-0.05, 0) is 35.6 Å². The summed E-state index contributed by atoms with van der Waals surface area (Å²) in [5.41, 5.74) is 1.81. The Morgan fingerprint density at radius 3 is 3.08 bits per heavy atom. The molecule has 0 unspecified atom stereocenters. The van der Waals surface area contributed by atoms with Crippen LogP contribution in [-0.2, 0) is 0 Å². The molecule has 0 aliphatic carbocycles. The number of aryl methyl sites for hydroxylation is 1. The molecule has 0 aromatic carbocycles. The number of nitrogens with zero attached hydrogens (tertiary/aromatic N) is 3. The topological polar surface area (TPSA) is 30.2 Å². The van der Waals surface area contributed by atoms with Crippen LogP contribution in [0.5, 0.6) is 0 Å². The summed E-state index contributed by atoms with van der Waals surface area (Å²) in [7, 11) is 0. The van der Waals surface area contributed by atoms with E-state index >= 15 is 0 Å². The van der Waals surface area contributed by atoms with E-state index in [0.717, 1.165) is 14.9 Å². The Morgan fingerprint density at radius 2 is 2.33 bits per heavy atom. The average molecular weight is 293 g/mol. The van der Waals surface area contributed by atoms with Gasteiger partial charge in [0.05, 0.1) is 9.77 Å². The lowest BCUT2D eigenvalue weighted by Gasteiger charge is -1.98. The Kier molecular flexibility index (Phi) is 1.96. The Balaban J connectivity index is 2.92. The number of rotatable bonds is 0. The van der Waals surface area contributed by atoms with Gasteiger partial charge in [0.2, 0.25) is 0 Å². The zero-order valence-corrected chi connectivity index (χ0v) is 9.17. The number of hydrogen-bond acceptors (Lipinski definition) is 2. The van der Waals surface area contributed by atoms with E-state index in [2.05, 4.69) is 32.7 Å². The lowest BCUT2D eigenvalue weighted by molar-refractivity contribution is 0.895. The standard InChI is InChI=1S/C7H5ClIN3/c1-4-2-6(8)11-7-5(9)3-10-12(4)7/h2-3H,1H3. The van der Waals surface area contributed by atoms with Crippen molar-refractivity contribution in [2.75, 3.05) is 0 Å². The molecule has 0 radical (unpaired) electrons.